The fourth-order valence-electron chi connectivity index (χ4n) is 1.35. The predicted molar refractivity (Wildman–Crippen MR) is 76.7 cm³/mol. The van der Waals surface area contributed by atoms with Crippen LogP contribution in [0, 0.1) is 0 Å². The molecule has 0 spiro atoms. The summed E-state index contributed by atoms with van der Waals surface area (Å²) in [7, 11) is -10.1. The number of nitrogens with one attached hydrogen (secondary N) is 4. The van der Waals surface area contributed by atoms with Crippen LogP contribution in [-0.4, -0.2) is 71.9 Å². The number of rotatable bonds is 2. The Labute approximate surface area is 123 Å². The van der Waals surface area contributed by atoms with Gasteiger partial charge in [0.25, 0.3) is 0 Å². The molecule has 0 aliphatic carbocycles. The Morgan fingerprint density at radius 2 is 0.762 bits per heavy atom. The van der Waals surface area contributed by atoms with Gasteiger partial charge in [-0.25, -0.2) is 9.13 Å². The van der Waals surface area contributed by atoms with E-state index in [0.717, 1.165) is 52.4 Å². The van der Waals surface area contributed by atoms with Gasteiger partial charge in [-0.1, -0.05) is 0 Å². The van der Waals surface area contributed by atoms with Crippen molar-refractivity contribution in [3.8, 4) is 0 Å². The van der Waals surface area contributed by atoms with E-state index in [1.165, 1.54) is 0 Å². The Hall–Kier alpha value is 0.100. The molecular formula is C8H24N4O7P2. The quantitative estimate of drug-likeness (QED) is 0.248. The number of phosphoric acid groups is 2. The van der Waals surface area contributed by atoms with Crippen molar-refractivity contribution < 1.29 is 33.0 Å². The zero-order chi connectivity index (χ0) is 16.2. The maximum atomic E-state index is 9.63. The van der Waals surface area contributed by atoms with Crippen molar-refractivity contribution in [2.45, 2.75) is 0 Å². The maximum Gasteiger partial charge on any atom is 0.478 e. The van der Waals surface area contributed by atoms with Crippen LogP contribution in [0.4, 0.5) is 0 Å². The lowest BCUT2D eigenvalue weighted by atomic mass is 10.4. The summed E-state index contributed by atoms with van der Waals surface area (Å²) >= 11 is 0. The zero-order valence-electron chi connectivity index (χ0n) is 11.6. The van der Waals surface area contributed by atoms with Gasteiger partial charge in [-0.2, -0.15) is 4.31 Å². The highest BCUT2D eigenvalue weighted by Gasteiger charge is 2.27. The Morgan fingerprint density at radius 3 is 0.810 bits per heavy atom. The Bertz CT molecular complexity index is 284. The molecule has 2 aliphatic heterocycles. The summed E-state index contributed by atoms with van der Waals surface area (Å²) in [6.45, 7) is 9.11. The van der Waals surface area contributed by atoms with Gasteiger partial charge in [-0.15, -0.1) is 0 Å². The molecule has 2 saturated heterocycles. The standard InChI is InChI=1S/2C4H10N2.H4O7P2/c2*1-2-6-4-3-5-1;1-8(2,3)7-9(4,5)6/h2*5-6H,1-4H2;(H2,1,2,3)(H2,4,5,6). The van der Waals surface area contributed by atoms with Gasteiger partial charge >= 0.3 is 15.6 Å². The minimum Gasteiger partial charge on any atom is -0.314 e. The van der Waals surface area contributed by atoms with Crippen LogP contribution in [0.1, 0.15) is 0 Å². The van der Waals surface area contributed by atoms with E-state index < -0.39 is 15.6 Å². The van der Waals surface area contributed by atoms with Crippen molar-refractivity contribution in [1.29, 1.82) is 0 Å². The molecule has 0 amide bonds. The van der Waals surface area contributed by atoms with Crippen molar-refractivity contribution in [3.05, 3.63) is 0 Å². The molecule has 2 rings (SSSR count). The van der Waals surface area contributed by atoms with Crippen molar-refractivity contribution >= 4 is 15.6 Å². The normalized spacial score (nSPS) is 19.6. The van der Waals surface area contributed by atoms with Crippen LogP contribution in [0.2, 0.25) is 0 Å². The molecule has 2 heterocycles. The summed E-state index contributed by atoms with van der Waals surface area (Å²) < 4.78 is 22.2. The Balaban J connectivity index is 0.000000293. The molecule has 128 valence electrons. The molecule has 13 heteroatoms. The number of piperazine rings is 2. The third kappa shape index (κ3) is 20.1. The Kier molecular flexibility index (Phi) is 11.7. The van der Waals surface area contributed by atoms with Crippen LogP contribution in [0.25, 0.3) is 0 Å². The van der Waals surface area contributed by atoms with E-state index in [9.17, 15) is 9.13 Å². The molecule has 0 radical (unpaired) electrons. The Morgan fingerprint density at radius 1 is 0.571 bits per heavy atom. The molecule has 11 nitrogen and oxygen atoms in total. The molecule has 0 atom stereocenters. The highest BCUT2D eigenvalue weighted by atomic mass is 31.3. The van der Waals surface area contributed by atoms with E-state index in [4.69, 9.17) is 19.6 Å². The molecule has 21 heavy (non-hydrogen) atoms. The summed E-state index contributed by atoms with van der Waals surface area (Å²) in [5.74, 6) is 0. The van der Waals surface area contributed by atoms with Crippen molar-refractivity contribution in [2.24, 2.45) is 0 Å². The first-order valence-corrected chi connectivity index (χ1v) is 9.42. The molecule has 8 N–H and O–H groups in total. The lowest BCUT2D eigenvalue weighted by molar-refractivity contribution is 0.225. The molecule has 0 aromatic heterocycles. The average molecular weight is 350 g/mol. The number of hydrogen-bond donors (Lipinski definition) is 8. The van der Waals surface area contributed by atoms with Gasteiger partial charge in [-0.3, -0.25) is 0 Å². The van der Waals surface area contributed by atoms with E-state index in [1.807, 2.05) is 0 Å². The first-order valence-electron chi connectivity index (χ1n) is 6.36. The summed E-state index contributed by atoms with van der Waals surface area (Å²) in [4.78, 5) is 31.0. The van der Waals surface area contributed by atoms with E-state index in [1.54, 1.807) is 0 Å². The van der Waals surface area contributed by atoms with Crippen molar-refractivity contribution in [1.82, 2.24) is 21.3 Å². The maximum absolute atomic E-state index is 9.63. The lowest BCUT2D eigenvalue weighted by Crippen LogP contribution is -2.39. The average Bonchev–Trinajstić information content (AvgIpc) is 2.40. The van der Waals surface area contributed by atoms with Gasteiger partial charge < -0.3 is 40.8 Å². The minimum atomic E-state index is -5.05. The molecule has 0 bridgehead atoms. The predicted octanol–water partition coefficient (Wildman–Crippen LogP) is -2.45. The fourth-order valence-corrected chi connectivity index (χ4v) is 2.45. The van der Waals surface area contributed by atoms with E-state index in [2.05, 4.69) is 25.6 Å². The molecule has 2 aliphatic rings. The summed E-state index contributed by atoms with van der Waals surface area (Å²) in [5.41, 5.74) is 0. The van der Waals surface area contributed by atoms with E-state index >= 15 is 0 Å². The second-order valence-electron chi connectivity index (χ2n) is 4.06. The highest BCUT2D eigenvalue weighted by Crippen LogP contribution is 2.53. The second-order valence-corrected chi connectivity index (χ2v) is 6.68. The first-order chi connectivity index (χ1) is 9.71. The molecule has 0 aromatic rings. The number of hydrogen-bond acceptors (Lipinski definition) is 7. The van der Waals surface area contributed by atoms with Crippen LogP contribution in [0.5, 0.6) is 0 Å². The van der Waals surface area contributed by atoms with Crippen LogP contribution >= 0.6 is 15.6 Å². The lowest BCUT2D eigenvalue weighted by Gasteiger charge is -2.11. The topological polar surface area (TPSA) is 172 Å². The van der Waals surface area contributed by atoms with Crippen molar-refractivity contribution in [2.75, 3.05) is 52.4 Å². The molecule has 2 fully saturated rings. The summed E-state index contributed by atoms with van der Waals surface area (Å²) in [6.07, 6.45) is 0. The van der Waals surface area contributed by atoms with Crippen LogP contribution in [-0.2, 0) is 13.4 Å². The molecule has 0 saturated carbocycles. The smallest absolute Gasteiger partial charge is 0.314 e. The van der Waals surface area contributed by atoms with Crippen LogP contribution < -0.4 is 21.3 Å². The second kappa shape index (κ2) is 11.6. The van der Waals surface area contributed by atoms with E-state index in [0.29, 0.717) is 0 Å². The largest absolute Gasteiger partial charge is 0.478 e. The van der Waals surface area contributed by atoms with E-state index in [-0.39, 0.29) is 0 Å². The highest BCUT2D eigenvalue weighted by molar-refractivity contribution is 7.60. The first kappa shape index (κ1) is 21.1. The van der Waals surface area contributed by atoms with Gasteiger partial charge in [0, 0.05) is 52.4 Å². The van der Waals surface area contributed by atoms with Crippen molar-refractivity contribution in [3.63, 3.8) is 0 Å². The fraction of sp³-hybridized carbons (Fsp3) is 1.00. The molecule has 0 unspecified atom stereocenters. The zero-order valence-corrected chi connectivity index (χ0v) is 13.4. The monoisotopic (exact) mass is 350 g/mol. The third-order valence-electron chi connectivity index (χ3n) is 2.13. The molecule has 0 aromatic carbocycles. The third-order valence-corrected chi connectivity index (χ3v) is 3.83. The van der Waals surface area contributed by atoms with Gasteiger partial charge in [0.1, 0.15) is 0 Å². The van der Waals surface area contributed by atoms with Crippen LogP contribution in [0.15, 0.2) is 0 Å². The van der Waals surface area contributed by atoms with Gasteiger partial charge in [-0.05, 0) is 0 Å². The molecular weight excluding hydrogens is 326 g/mol. The van der Waals surface area contributed by atoms with Crippen LogP contribution in [0.3, 0.4) is 0 Å². The minimum absolute atomic E-state index is 1.14. The van der Waals surface area contributed by atoms with Gasteiger partial charge in [0.05, 0.1) is 0 Å². The summed E-state index contributed by atoms with van der Waals surface area (Å²) in [5, 5.41) is 12.9. The summed E-state index contributed by atoms with van der Waals surface area (Å²) in [6, 6.07) is 0. The van der Waals surface area contributed by atoms with Gasteiger partial charge in [0.2, 0.25) is 0 Å². The van der Waals surface area contributed by atoms with Gasteiger partial charge in [0.15, 0.2) is 0 Å². The SMILES string of the molecule is C1CNCCN1.C1CNCCN1.O=P(O)(O)OP(=O)(O)O.